The molecule has 0 saturated carbocycles. The topological polar surface area (TPSA) is 73.9 Å². The smallest absolute Gasteiger partial charge is 0.317 e. The van der Waals surface area contributed by atoms with Gasteiger partial charge in [-0.1, -0.05) is 41.1 Å². The third-order valence-electron chi connectivity index (χ3n) is 5.37. The number of urea groups is 1. The first-order valence-electron chi connectivity index (χ1n) is 10.5. The number of benzene rings is 2. The van der Waals surface area contributed by atoms with E-state index in [1.807, 2.05) is 42.5 Å². The Bertz CT molecular complexity index is 913. The Hall–Kier alpha value is -2.58. The number of para-hydroxylation sites is 1. The molecule has 0 aliphatic carbocycles. The third-order valence-corrected chi connectivity index (χ3v) is 5.86. The van der Waals surface area contributed by atoms with E-state index in [1.165, 1.54) is 0 Å². The predicted molar refractivity (Wildman–Crippen MR) is 125 cm³/mol. The highest BCUT2D eigenvalue weighted by atomic mass is 79.9. The van der Waals surface area contributed by atoms with Gasteiger partial charge in [0.25, 0.3) is 0 Å². The number of hydrogen-bond donors (Lipinski definition) is 2. The molecular formula is C23H29BrN4O3. The van der Waals surface area contributed by atoms with E-state index < -0.39 is 0 Å². The molecule has 0 bridgehead atoms. The number of halogens is 1. The number of hydrogen-bond acceptors (Lipinski definition) is 4. The zero-order valence-corrected chi connectivity index (χ0v) is 19.6. The molecule has 8 heteroatoms. The van der Waals surface area contributed by atoms with Crippen LogP contribution in [0.5, 0.6) is 5.75 Å². The number of piperazine rings is 1. The summed E-state index contributed by atoms with van der Waals surface area (Å²) in [6, 6.07) is 13.5. The Labute approximate surface area is 191 Å². The summed E-state index contributed by atoms with van der Waals surface area (Å²) in [5.41, 5.74) is 2.91. The lowest BCUT2D eigenvalue weighted by Gasteiger charge is -2.34. The van der Waals surface area contributed by atoms with Crippen LogP contribution in [-0.2, 0) is 17.8 Å². The normalized spacial score (nSPS) is 14.2. The van der Waals surface area contributed by atoms with Crippen LogP contribution in [0.1, 0.15) is 18.1 Å². The van der Waals surface area contributed by atoms with Crippen molar-refractivity contribution in [1.29, 1.82) is 0 Å². The fraction of sp³-hybridized carbons (Fsp3) is 0.391. The number of nitrogens with zero attached hydrogens (tertiary/aromatic N) is 2. The monoisotopic (exact) mass is 488 g/mol. The van der Waals surface area contributed by atoms with E-state index in [-0.39, 0.29) is 11.9 Å². The zero-order chi connectivity index (χ0) is 22.2. The number of ether oxygens (including phenoxy) is 1. The van der Waals surface area contributed by atoms with Crippen LogP contribution in [0.3, 0.4) is 0 Å². The van der Waals surface area contributed by atoms with Crippen molar-refractivity contribution in [3.05, 3.63) is 58.1 Å². The van der Waals surface area contributed by atoms with E-state index in [0.29, 0.717) is 39.3 Å². The second-order valence-corrected chi connectivity index (χ2v) is 8.35. The first kappa shape index (κ1) is 23.1. The minimum Gasteiger partial charge on any atom is -0.496 e. The van der Waals surface area contributed by atoms with Crippen molar-refractivity contribution < 1.29 is 14.3 Å². The van der Waals surface area contributed by atoms with Crippen LogP contribution >= 0.6 is 15.9 Å². The van der Waals surface area contributed by atoms with Crippen LogP contribution in [0.2, 0.25) is 0 Å². The number of carbonyl (C=O) groups is 2. The van der Waals surface area contributed by atoms with E-state index in [1.54, 1.807) is 12.0 Å². The quantitative estimate of drug-likeness (QED) is 0.625. The SMILES string of the molecule is CCc1ccccc1NC(=O)CN1CCN(C(=O)NCc2cc(Br)ccc2OC)CC1. The summed E-state index contributed by atoms with van der Waals surface area (Å²) in [7, 11) is 1.62. The van der Waals surface area contributed by atoms with E-state index in [4.69, 9.17) is 4.74 Å². The highest BCUT2D eigenvalue weighted by molar-refractivity contribution is 9.10. The van der Waals surface area contributed by atoms with E-state index in [9.17, 15) is 9.59 Å². The maximum Gasteiger partial charge on any atom is 0.317 e. The fourth-order valence-electron chi connectivity index (χ4n) is 3.62. The summed E-state index contributed by atoms with van der Waals surface area (Å²) in [5.74, 6) is 0.713. The maximum atomic E-state index is 12.6. The summed E-state index contributed by atoms with van der Waals surface area (Å²) >= 11 is 3.45. The third kappa shape index (κ3) is 6.45. The Morgan fingerprint density at radius 3 is 2.52 bits per heavy atom. The Morgan fingerprint density at radius 1 is 1.06 bits per heavy atom. The molecule has 2 aromatic rings. The van der Waals surface area contributed by atoms with Gasteiger partial charge in [-0.15, -0.1) is 0 Å². The van der Waals surface area contributed by atoms with Gasteiger partial charge in [-0.2, -0.15) is 0 Å². The Morgan fingerprint density at radius 2 is 1.81 bits per heavy atom. The lowest BCUT2D eigenvalue weighted by Crippen LogP contribution is -2.52. The average Bonchev–Trinajstić information content (AvgIpc) is 2.78. The van der Waals surface area contributed by atoms with Crippen LogP contribution in [-0.4, -0.2) is 61.6 Å². The Balaban J connectivity index is 1.44. The molecule has 2 aromatic carbocycles. The molecule has 7 nitrogen and oxygen atoms in total. The summed E-state index contributed by atoms with van der Waals surface area (Å²) in [6.07, 6.45) is 0.871. The van der Waals surface area contributed by atoms with E-state index >= 15 is 0 Å². The lowest BCUT2D eigenvalue weighted by atomic mass is 10.1. The van der Waals surface area contributed by atoms with Crippen molar-refractivity contribution in [2.75, 3.05) is 45.2 Å². The number of aryl methyl sites for hydroxylation is 1. The number of anilines is 1. The van der Waals surface area contributed by atoms with Crippen molar-refractivity contribution in [3.8, 4) is 5.75 Å². The summed E-state index contributed by atoms with van der Waals surface area (Å²) in [6.45, 7) is 5.28. The van der Waals surface area contributed by atoms with Crippen LogP contribution in [0.15, 0.2) is 46.9 Å². The minimum atomic E-state index is -0.108. The molecule has 1 saturated heterocycles. The van der Waals surface area contributed by atoms with Gasteiger partial charge in [0.1, 0.15) is 5.75 Å². The van der Waals surface area contributed by atoms with Crippen LogP contribution < -0.4 is 15.4 Å². The molecule has 0 unspecified atom stereocenters. The van der Waals surface area contributed by atoms with Crippen molar-refractivity contribution in [2.24, 2.45) is 0 Å². The molecule has 0 spiro atoms. The summed E-state index contributed by atoms with van der Waals surface area (Å²) in [5, 5.41) is 5.97. The van der Waals surface area contributed by atoms with Crippen LogP contribution in [0, 0.1) is 0 Å². The number of nitrogens with one attached hydrogen (secondary N) is 2. The van der Waals surface area contributed by atoms with Gasteiger partial charge in [-0.3, -0.25) is 9.69 Å². The summed E-state index contributed by atoms with van der Waals surface area (Å²) in [4.78, 5) is 28.9. The van der Waals surface area contributed by atoms with Gasteiger partial charge >= 0.3 is 6.03 Å². The van der Waals surface area contributed by atoms with E-state index in [0.717, 1.165) is 33.5 Å². The molecule has 1 fully saturated rings. The lowest BCUT2D eigenvalue weighted by molar-refractivity contribution is -0.117. The van der Waals surface area contributed by atoms with Crippen molar-refractivity contribution in [1.82, 2.24) is 15.1 Å². The number of carbonyl (C=O) groups excluding carboxylic acids is 2. The van der Waals surface area contributed by atoms with Crippen LogP contribution in [0.4, 0.5) is 10.5 Å². The fourth-order valence-corrected chi connectivity index (χ4v) is 4.03. The van der Waals surface area contributed by atoms with Crippen molar-refractivity contribution >= 4 is 33.6 Å². The van der Waals surface area contributed by atoms with Gasteiger partial charge in [0.2, 0.25) is 5.91 Å². The number of methoxy groups -OCH3 is 1. The first-order chi connectivity index (χ1) is 15.0. The minimum absolute atomic E-state index is 0.0273. The molecule has 166 valence electrons. The molecule has 0 aromatic heterocycles. The Kier molecular flexibility index (Phi) is 8.31. The molecule has 2 N–H and O–H groups in total. The second-order valence-electron chi connectivity index (χ2n) is 7.44. The molecular weight excluding hydrogens is 460 g/mol. The standard InChI is InChI=1S/C23H29BrN4O3/c1-3-17-6-4-5-7-20(17)26-22(29)16-27-10-12-28(13-11-27)23(30)25-15-18-14-19(24)8-9-21(18)31-2/h4-9,14H,3,10-13,15-16H2,1-2H3,(H,25,30)(H,26,29). The molecule has 0 atom stereocenters. The number of amides is 3. The zero-order valence-electron chi connectivity index (χ0n) is 18.0. The first-order valence-corrected chi connectivity index (χ1v) is 11.2. The van der Waals surface area contributed by atoms with Crippen molar-refractivity contribution in [2.45, 2.75) is 19.9 Å². The van der Waals surface area contributed by atoms with E-state index in [2.05, 4.69) is 38.4 Å². The van der Waals surface area contributed by atoms with Gasteiger partial charge in [0.05, 0.1) is 13.7 Å². The molecule has 1 aliphatic heterocycles. The molecule has 0 radical (unpaired) electrons. The van der Waals surface area contributed by atoms with Gasteiger partial charge in [-0.25, -0.2) is 4.79 Å². The predicted octanol–water partition coefficient (Wildman–Crippen LogP) is 3.49. The number of rotatable bonds is 7. The molecule has 31 heavy (non-hydrogen) atoms. The second kappa shape index (κ2) is 11.2. The highest BCUT2D eigenvalue weighted by Crippen LogP contribution is 2.23. The largest absolute Gasteiger partial charge is 0.496 e. The summed E-state index contributed by atoms with van der Waals surface area (Å²) < 4.78 is 6.29. The van der Waals surface area contributed by atoms with Gasteiger partial charge in [-0.05, 0) is 36.2 Å². The van der Waals surface area contributed by atoms with Gasteiger partial charge in [0, 0.05) is 48.4 Å². The molecule has 3 amide bonds. The van der Waals surface area contributed by atoms with Gasteiger partial charge < -0.3 is 20.3 Å². The molecule has 1 heterocycles. The molecule has 1 aliphatic rings. The molecule has 3 rings (SSSR count). The van der Waals surface area contributed by atoms with Gasteiger partial charge in [0.15, 0.2) is 0 Å². The van der Waals surface area contributed by atoms with Crippen molar-refractivity contribution in [3.63, 3.8) is 0 Å². The van der Waals surface area contributed by atoms with Crippen LogP contribution in [0.25, 0.3) is 0 Å². The highest BCUT2D eigenvalue weighted by Gasteiger charge is 2.22. The average molecular weight is 489 g/mol. The maximum absolute atomic E-state index is 12.6.